The first-order chi connectivity index (χ1) is 7.22. The molecule has 0 aromatic carbocycles. The fourth-order valence-electron chi connectivity index (χ4n) is 1.94. The van der Waals surface area contributed by atoms with E-state index in [4.69, 9.17) is 15.9 Å². The zero-order valence-corrected chi connectivity index (χ0v) is 9.66. The predicted octanol–water partition coefficient (Wildman–Crippen LogP) is 1.18. The molecule has 1 saturated heterocycles. The van der Waals surface area contributed by atoms with Crippen molar-refractivity contribution in [1.82, 2.24) is 5.32 Å². The second kappa shape index (κ2) is 6.84. The first kappa shape index (κ1) is 12.5. The van der Waals surface area contributed by atoms with E-state index in [1.165, 1.54) is 0 Å². The van der Waals surface area contributed by atoms with Gasteiger partial charge in [-0.25, -0.2) is 0 Å². The number of hydrogen-bond donors (Lipinski definition) is 1. The molecular formula is C12H21NO2. The molecule has 3 nitrogen and oxygen atoms in total. The predicted molar refractivity (Wildman–Crippen MR) is 60.7 cm³/mol. The van der Waals surface area contributed by atoms with Crippen molar-refractivity contribution in [2.24, 2.45) is 0 Å². The summed E-state index contributed by atoms with van der Waals surface area (Å²) in [4.78, 5) is 0. The van der Waals surface area contributed by atoms with Gasteiger partial charge in [-0.2, -0.15) is 0 Å². The first-order valence-corrected chi connectivity index (χ1v) is 5.63. The van der Waals surface area contributed by atoms with Crippen LogP contribution in [0.3, 0.4) is 0 Å². The molecule has 0 saturated carbocycles. The van der Waals surface area contributed by atoms with Crippen molar-refractivity contribution in [1.29, 1.82) is 0 Å². The van der Waals surface area contributed by atoms with E-state index in [1.54, 1.807) is 0 Å². The minimum atomic E-state index is 0.317. The minimum Gasteiger partial charge on any atom is -0.377 e. The summed E-state index contributed by atoms with van der Waals surface area (Å²) in [6.45, 7) is 6.37. The summed E-state index contributed by atoms with van der Waals surface area (Å²) in [5, 5.41) is 3.10. The lowest BCUT2D eigenvalue weighted by Gasteiger charge is -2.32. The Kier molecular flexibility index (Phi) is 5.70. The van der Waals surface area contributed by atoms with E-state index in [1.807, 2.05) is 0 Å². The molecule has 2 unspecified atom stereocenters. The Bertz CT molecular complexity index is 202. The molecule has 1 N–H and O–H groups in total. The molecule has 86 valence electrons. The second-order valence-electron chi connectivity index (χ2n) is 4.10. The normalized spacial score (nSPS) is 31.1. The van der Waals surface area contributed by atoms with Crippen LogP contribution in [0.2, 0.25) is 0 Å². The fraction of sp³-hybridized carbons (Fsp3) is 0.833. The number of hydrogen-bond acceptors (Lipinski definition) is 3. The Balaban J connectivity index is 2.08. The summed E-state index contributed by atoms with van der Waals surface area (Å²) in [7, 11) is 0. The van der Waals surface area contributed by atoms with Crippen LogP contribution < -0.4 is 5.32 Å². The molecule has 1 heterocycles. The summed E-state index contributed by atoms with van der Waals surface area (Å²) >= 11 is 0. The van der Waals surface area contributed by atoms with Crippen molar-refractivity contribution in [3.8, 4) is 12.3 Å². The van der Waals surface area contributed by atoms with E-state index in [-0.39, 0.29) is 0 Å². The van der Waals surface area contributed by atoms with Gasteiger partial charge in [-0.3, -0.25) is 0 Å². The molecule has 0 radical (unpaired) electrons. The average molecular weight is 211 g/mol. The lowest BCUT2D eigenvalue weighted by atomic mass is 10.0. The number of nitrogens with one attached hydrogen (secondary N) is 1. The summed E-state index contributed by atoms with van der Waals surface area (Å²) in [6, 6.07) is 0. The van der Waals surface area contributed by atoms with Crippen LogP contribution in [0.5, 0.6) is 0 Å². The van der Waals surface area contributed by atoms with Crippen molar-refractivity contribution in [3.05, 3.63) is 0 Å². The smallest absolute Gasteiger partial charge is 0.0625 e. The summed E-state index contributed by atoms with van der Waals surface area (Å²) in [5.41, 5.74) is 0. The van der Waals surface area contributed by atoms with Gasteiger partial charge >= 0.3 is 0 Å². The minimum absolute atomic E-state index is 0.317. The van der Waals surface area contributed by atoms with Gasteiger partial charge in [0.1, 0.15) is 0 Å². The van der Waals surface area contributed by atoms with Gasteiger partial charge in [0, 0.05) is 6.54 Å². The van der Waals surface area contributed by atoms with Gasteiger partial charge in [-0.1, -0.05) is 5.92 Å². The molecule has 2 atom stereocenters. The summed E-state index contributed by atoms with van der Waals surface area (Å²) in [6.07, 6.45) is 8.10. The van der Waals surface area contributed by atoms with Gasteiger partial charge in [0.2, 0.25) is 0 Å². The lowest BCUT2D eigenvalue weighted by Crippen LogP contribution is -2.35. The van der Waals surface area contributed by atoms with Gasteiger partial charge in [0.15, 0.2) is 0 Å². The van der Waals surface area contributed by atoms with Crippen LogP contribution in [-0.2, 0) is 9.47 Å². The quantitative estimate of drug-likeness (QED) is 0.547. The van der Waals surface area contributed by atoms with E-state index in [9.17, 15) is 0 Å². The maximum absolute atomic E-state index is 5.76. The molecule has 0 bridgehead atoms. The van der Waals surface area contributed by atoms with Crippen LogP contribution in [0.15, 0.2) is 0 Å². The Hall–Kier alpha value is -0.560. The molecule has 1 fully saturated rings. The monoisotopic (exact) mass is 211 g/mol. The maximum atomic E-state index is 5.76. The summed E-state index contributed by atoms with van der Waals surface area (Å²) < 4.78 is 11.4. The number of terminal acetylenes is 1. The zero-order valence-electron chi connectivity index (χ0n) is 9.66. The van der Waals surface area contributed by atoms with Crippen LogP contribution in [0.25, 0.3) is 0 Å². The highest BCUT2D eigenvalue weighted by Crippen LogP contribution is 2.21. The molecule has 0 aromatic rings. The maximum Gasteiger partial charge on any atom is 0.0625 e. The fourth-order valence-corrected chi connectivity index (χ4v) is 1.94. The topological polar surface area (TPSA) is 30.5 Å². The van der Waals surface area contributed by atoms with Gasteiger partial charge in [0.05, 0.1) is 31.5 Å². The Morgan fingerprint density at radius 3 is 2.67 bits per heavy atom. The van der Waals surface area contributed by atoms with Crippen molar-refractivity contribution in [2.45, 2.75) is 45.0 Å². The standard InChI is InChI=1S/C12H21NO2/c1-4-5-13-6-7-14-12-8-10(2)15-11(3)9-12/h1,10-13H,5-9H2,2-3H3. The summed E-state index contributed by atoms with van der Waals surface area (Å²) in [5.74, 6) is 2.53. The Labute approximate surface area is 92.5 Å². The van der Waals surface area contributed by atoms with Crippen LogP contribution >= 0.6 is 0 Å². The van der Waals surface area contributed by atoms with Crippen molar-refractivity contribution in [3.63, 3.8) is 0 Å². The highest BCUT2D eigenvalue weighted by molar-refractivity contribution is 4.86. The van der Waals surface area contributed by atoms with Crippen molar-refractivity contribution < 1.29 is 9.47 Å². The van der Waals surface area contributed by atoms with Crippen LogP contribution in [0.1, 0.15) is 26.7 Å². The number of ether oxygens (including phenoxy) is 2. The van der Waals surface area contributed by atoms with E-state index < -0.39 is 0 Å². The molecule has 0 amide bonds. The largest absolute Gasteiger partial charge is 0.377 e. The molecule has 0 aromatic heterocycles. The number of rotatable bonds is 5. The molecule has 1 aliphatic heterocycles. The van der Waals surface area contributed by atoms with Gasteiger partial charge in [-0.05, 0) is 26.7 Å². The molecule has 15 heavy (non-hydrogen) atoms. The van der Waals surface area contributed by atoms with E-state index in [0.29, 0.717) is 24.9 Å². The highest BCUT2D eigenvalue weighted by atomic mass is 16.5. The third kappa shape index (κ3) is 5.17. The van der Waals surface area contributed by atoms with E-state index in [2.05, 4.69) is 25.1 Å². The third-order valence-corrected chi connectivity index (χ3v) is 2.51. The molecule has 3 heteroatoms. The molecule has 0 aliphatic carbocycles. The van der Waals surface area contributed by atoms with E-state index >= 15 is 0 Å². The van der Waals surface area contributed by atoms with E-state index in [0.717, 1.165) is 26.0 Å². The Morgan fingerprint density at radius 2 is 2.07 bits per heavy atom. The average Bonchev–Trinajstić information content (AvgIpc) is 2.16. The first-order valence-electron chi connectivity index (χ1n) is 5.63. The third-order valence-electron chi connectivity index (χ3n) is 2.51. The van der Waals surface area contributed by atoms with Crippen molar-refractivity contribution >= 4 is 0 Å². The molecule has 0 spiro atoms. The second-order valence-corrected chi connectivity index (χ2v) is 4.10. The van der Waals surface area contributed by atoms with Crippen LogP contribution in [-0.4, -0.2) is 38.0 Å². The molecular weight excluding hydrogens is 190 g/mol. The van der Waals surface area contributed by atoms with Gasteiger partial charge in [0.25, 0.3) is 0 Å². The van der Waals surface area contributed by atoms with Gasteiger partial charge < -0.3 is 14.8 Å². The Morgan fingerprint density at radius 1 is 1.40 bits per heavy atom. The highest BCUT2D eigenvalue weighted by Gasteiger charge is 2.24. The van der Waals surface area contributed by atoms with Crippen LogP contribution in [0, 0.1) is 12.3 Å². The van der Waals surface area contributed by atoms with Gasteiger partial charge in [-0.15, -0.1) is 6.42 Å². The lowest BCUT2D eigenvalue weighted by molar-refractivity contribution is -0.101. The zero-order chi connectivity index (χ0) is 11.1. The van der Waals surface area contributed by atoms with Crippen molar-refractivity contribution in [2.75, 3.05) is 19.7 Å². The molecule has 1 rings (SSSR count). The SMILES string of the molecule is C#CCNCCOC1CC(C)OC(C)C1. The van der Waals surface area contributed by atoms with Crippen LogP contribution in [0.4, 0.5) is 0 Å². The molecule has 1 aliphatic rings.